The van der Waals surface area contributed by atoms with Crippen LogP contribution in [0.5, 0.6) is 0 Å². The van der Waals surface area contributed by atoms with Crippen molar-refractivity contribution < 1.29 is 9.53 Å². The standard InChI is InChI=1S/C30H11N11O2S4/c31-10-16(11-32)35-20-8-6-18(44-20)28-37-24-22-23(40-41(39-22)30(42)43-14-15-4-2-1-3-5-15)25-27(26(24)46-28)47-29(38-25)19-7-9-21(45-19)36-17(12-33)13-34/h1-9H,14H2. The zero-order chi connectivity index (χ0) is 32.5. The Balaban J connectivity index is 1.36. The van der Waals surface area contributed by atoms with Gasteiger partial charge in [0, 0.05) is 0 Å². The first kappa shape index (κ1) is 29.5. The molecule has 0 amide bonds. The highest BCUT2D eigenvalue weighted by Gasteiger charge is 2.25. The van der Waals surface area contributed by atoms with Crippen LogP contribution in [-0.4, -0.2) is 42.5 Å². The Hall–Kier alpha value is -6.21. The third-order valence-electron chi connectivity index (χ3n) is 6.36. The molecule has 5 heterocycles. The van der Waals surface area contributed by atoms with Crippen LogP contribution in [0.15, 0.2) is 64.6 Å². The van der Waals surface area contributed by atoms with Gasteiger partial charge in [0.25, 0.3) is 0 Å². The molecule has 0 bridgehead atoms. The van der Waals surface area contributed by atoms with E-state index in [0.29, 0.717) is 42.1 Å². The van der Waals surface area contributed by atoms with Gasteiger partial charge in [-0.15, -0.1) is 55.5 Å². The highest BCUT2D eigenvalue weighted by atomic mass is 32.1. The Kier molecular flexibility index (Phi) is 7.71. The first-order valence-corrected chi connectivity index (χ1v) is 16.4. The zero-order valence-electron chi connectivity index (χ0n) is 23.3. The molecule has 0 spiro atoms. The second-order valence-corrected chi connectivity index (χ2v) is 13.4. The van der Waals surface area contributed by atoms with Gasteiger partial charge in [0.05, 0.1) is 19.2 Å². The summed E-state index contributed by atoms with van der Waals surface area (Å²) in [5.41, 5.74) is 2.06. The van der Waals surface area contributed by atoms with Crippen molar-refractivity contribution in [3.8, 4) is 44.0 Å². The van der Waals surface area contributed by atoms with Gasteiger partial charge in [-0.2, -0.15) is 21.0 Å². The maximum atomic E-state index is 13.1. The molecule has 0 saturated carbocycles. The number of carbonyl (C=O) groups is 1. The maximum absolute atomic E-state index is 13.1. The van der Waals surface area contributed by atoms with E-state index in [-0.39, 0.29) is 18.0 Å². The number of thiophene rings is 2. The summed E-state index contributed by atoms with van der Waals surface area (Å²) in [6.45, 7) is 0.0368. The summed E-state index contributed by atoms with van der Waals surface area (Å²) in [5.74, 6) is 0. The summed E-state index contributed by atoms with van der Waals surface area (Å²) in [7, 11) is 0. The van der Waals surface area contributed by atoms with Crippen LogP contribution in [0.2, 0.25) is 0 Å². The number of benzene rings is 2. The van der Waals surface area contributed by atoms with E-state index in [1.54, 1.807) is 36.4 Å². The summed E-state index contributed by atoms with van der Waals surface area (Å²) >= 11 is 5.34. The van der Waals surface area contributed by atoms with Crippen LogP contribution in [0.3, 0.4) is 0 Å². The molecule has 13 nitrogen and oxygen atoms in total. The summed E-state index contributed by atoms with van der Waals surface area (Å²) in [6, 6.07) is 23.3. The molecular formula is C30H11N11O2S4. The minimum Gasteiger partial charge on any atom is -0.442 e. The largest absolute Gasteiger partial charge is 0.452 e. The summed E-state index contributed by atoms with van der Waals surface area (Å²) in [5, 5.41) is 47.6. The van der Waals surface area contributed by atoms with Crippen LogP contribution in [0.25, 0.3) is 51.2 Å². The highest BCUT2D eigenvalue weighted by Crippen LogP contribution is 2.46. The number of nitriles is 4. The number of aliphatic imine (C=N–C) groups is 2. The smallest absolute Gasteiger partial charge is 0.442 e. The Morgan fingerprint density at radius 2 is 1.17 bits per heavy atom. The first-order valence-electron chi connectivity index (χ1n) is 13.2. The van der Waals surface area contributed by atoms with E-state index in [1.807, 2.05) is 42.5 Å². The molecule has 0 fully saturated rings. The number of fused-ring (bicyclic) bond motifs is 6. The van der Waals surface area contributed by atoms with E-state index in [9.17, 15) is 4.79 Å². The molecule has 7 rings (SSSR count). The van der Waals surface area contributed by atoms with Crippen LogP contribution < -0.4 is 0 Å². The molecule has 2 aromatic carbocycles. The number of rotatable bonds is 6. The van der Waals surface area contributed by atoms with Gasteiger partial charge in [0.15, 0.2) is 0 Å². The van der Waals surface area contributed by atoms with Gasteiger partial charge in [0.2, 0.25) is 11.4 Å². The summed E-state index contributed by atoms with van der Waals surface area (Å²) in [4.78, 5) is 33.4. The molecule has 0 unspecified atom stereocenters. The van der Waals surface area contributed by atoms with Crippen molar-refractivity contribution in [2.45, 2.75) is 6.61 Å². The minimum atomic E-state index is -0.768. The second kappa shape index (κ2) is 12.3. The fourth-order valence-corrected chi connectivity index (χ4v) is 8.48. The maximum Gasteiger partial charge on any atom is 0.452 e. The van der Waals surface area contributed by atoms with Crippen molar-refractivity contribution in [3.63, 3.8) is 0 Å². The van der Waals surface area contributed by atoms with E-state index in [4.69, 9.17) is 35.8 Å². The molecule has 0 aliphatic heterocycles. The molecule has 0 saturated heterocycles. The fraction of sp³-hybridized carbons (Fsp3) is 0.0333. The lowest BCUT2D eigenvalue weighted by Gasteiger charge is -2.02. The average Bonchev–Trinajstić information content (AvgIpc) is 3.93. The van der Waals surface area contributed by atoms with Crippen LogP contribution in [0.1, 0.15) is 5.56 Å². The zero-order valence-corrected chi connectivity index (χ0v) is 26.5. The Morgan fingerprint density at radius 3 is 1.64 bits per heavy atom. The van der Waals surface area contributed by atoms with Gasteiger partial charge >= 0.3 is 6.09 Å². The molecule has 0 atom stereocenters. The highest BCUT2D eigenvalue weighted by molar-refractivity contribution is 7.32. The summed E-state index contributed by atoms with van der Waals surface area (Å²) < 4.78 is 7.02. The quantitative estimate of drug-likeness (QED) is 0.157. The van der Waals surface area contributed by atoms with Crippen molar-refractivity contribution >= 4 is 104 Å². The predicted octanol–water partition coefficient (Wildman–Crippen LogP) is 7.53. The van der Waals surface area contributed by atoms with E-state index in [1.165, 1.54) is 45.3 Å². The number of nitrogens with zero attached hydrogens (tertiary/aromatic N) is 11. The van der Waals surface area contributed by atoms with Gasteiger partial charge in [-0.05, 0) is 29.8 Å². The SMILES string of the molecule is N#CC(C#N)=Nc1ccc(-c2nc3c4nn(C(=O)OCc5ccccc5)nc4c4nc(-c5ccc(N=C(C#N)C#N)s5)sc4c3s2)s1. The van der Waals surface area contributed by atoms with E-state index in [0.717, 1.165) is 29.5 Å². The molecule has 0 radical (unpaired) electrons. The number of carbonyl (C=O) groups excluding carboxylic acids is 1. The minimum absolute atomic E-state index is 0.0368. The molecule has 222 valence electrons. The predicted molar refractivity (Wildman–Crippen MR) is 179 cm³/mol. The number of ether oxygens (including phenoxy) is 1. The third kappa shape index (κ3) is 5.59. The normalized spacial score (nSPS) is 10.6. The van der Waals surface area contributed by atoms with E-state index >= 15 is 0 Å². The van der Waals surface area contributed by atoms with Gasteiger partial charge in [-0.1, -0.05) is 35.1 Å². The first-order chi connectivity index (χ1) is 23.0. The monoisotopic (exact) mass is 685 g/mol. The number of thiazole rings is 2. The average molecular weight is 686 g/mol. The van der Waals surface area contributed by atoms with Gasteiger partial charge < -0.3 is 4.74 Å². The molecule has 0 aliphatic carbocycles. The van der Waals surface area contributed by atoms with Crippen molar-refractivity contribution in [2.75, 3.05) is 0 Å². The number of hydrogen-bond acceptors (Lipinski definition) is 16. The Labute approximate surface area is 279 Å². The third-order valence-corrected chi connectivity index (χ3v) is 10.9. The molecular weight excluding hydrogens is 675 g/mol. The molecule has 7 aromatic rings. The number of aromatic nitrogens is 5. The lowest BCUT2D eigenvalue weighted by atomic mass is 10.2. The van der Waals surface area contributed by atoms with Gasteiger partial charge in [-0.25, -0.2) is 24.7 Å². The van der Waals surface area contributed by atoms with Crippen molar-refractivity contribution in [1.29, 1.82) is 21.0 Å². The molecule has 0 N–H and O–H groups in total. The number of hydrogen-bond donors (Lipinski definition) is 0. The lowest BCUT2D eigenvalue weighted by molar-refractivity contribution is 0.134. The van der Waals surface area contributed by atoms with Gasteiger partial charge in [0.1, 0.15) is 73.0 Å². The van der Waals surface area contributed by atoms with Crippen LogP contribution >= 0.6 is 45.3 Å². The molecule has 0 aliphatic rings. The van der Waals surface area contributed by atoms with Crippen molar-refractivity contribution in [3.05, 3.63) is 60.2 Å². The van der Waals surface area contributed by atoms with E-state index < -0.39 is 6.09 Å². The van der Waals surface area contributed by atoms with E-state index in [2.05, 4.69) is 20.2 Å². The molecule has 5 aromatic heterocycles. The van der Waals surface area contributed by atoms with Crippen LogP contribution in [0.4, 0.5) is 14.8 Å². The Bertz CT molecular complexity index is 2430. The fourth-order valence-electron chi connectivity index (χ4n) is 4.34. The topological polar surface area (TPSA) is 203 Å². The summed E-state index contributed by atoms with van der Waals surface area (Å²) in [6.07, 6.45) is -0.768. The Morgan fingerprint density at radius 1 is 0.681 bits per heavy atom. The van der Waals surface area contributed by atoms with Crippen molar-refractivity contribution in [1.82, 2.24) is 25.0 Å². The second-order valence-electron chi connectivity index (χ2n) is 9.26. The van der Waals surface area contributed by atoms with Crippen LogP contribution in [0, 0.1) is 45.3 Å². The van der Waals surface area contributed by atoms with Crippen molar-refractivity contribution in [2.24, 2.45) is 9.98 Å². The molecule has 17 heteroatoms. The molecule has 47 heavy (non-hydrogen) atoms. The van der Waals surface area contributed by atoms with Crippen LogP contribution in [-0.2, 0) is 11.3 Å². The van der Waals surface area contributed by atoms with Gasteiger partial charge in [-0.3, -0.25) is 0 Å². The lowest BCUT2D eigenvalue weighted by Crippen LogP contribution is -2.16.